The van der Waals surface area contributed by atoms with Gasteiger partial charge < -0.3 is 10.0 Å². The van der Waals surface area contributed by atoms with Crippen molar-refractivity contribution in [2.75, 3.05) is 4.90 Å². The number of thiophene rings is 1. The number of carbonyl (C=O) groups is 2. The molecule has 0 aliphatic heterocycles. The van der Waals surface area contributed by atoms with Crippen LogP contribution in [-0.4, -0.2) is 23.0 Å². The first-order valence-corrected chi connectivity index (χ1v) is 10.7. The predicted octanol–water partition coefficient (Wildman–Crippen LogP) is 5.96. The molecule has 0 radical (unpaired) electrons. The first-order chi connectivity index (χ1) is 13.7. The number of aromatic carboxylic acids is 1. The van der Waals surface area contributed by atoms with E-state index in [1.165, 1.54) is 12.1 Å². The van der Waals surface area contributed by atoms with E-state index < -0.39 is 17.6 Å². The molecule has 156 valence electrons. The van der Waals surface area contributed by atoms with E-state index in [-0.39, 0.29) is 23.4 Å². The topological polar surface area (TPSA) is 57.6 Å². The zero-order valence-electron chi connectivity index (χ0n) is 16.7. The van der Waals surface area contributed by atoms with Gasteiger partial charge in [-0.05, 0) is 69.2 Å². The monoisotopic (exact) mass is 421 g/mol. The summed E-state index contributed by atoms with van der Waals surface area (Å²) in [5.41, 5.74) is 0.381. The van der Waals surface area contributed by atoms with E-state index >= 15 is 0 Å². The van der Waals surface area contributed by atoms with Crippen molar-refractivity contribution in [3.05, 3.63) is 41.5 Å². The Morgan fingerprint density at radius 2 is 1.76 bits per heavy atom. The first kappa shape index (κ1) is 21.4. The average molecular weight is 422 g/mol. The molecule has 3 rings (SSSR count). The van der Waals surface area contributed by atoms with Crippen LogP contribution in [0.2, 0.25) is 0 Å². The third-order valence-electron chi connectivity index (χ3n) is 5.48. The third kappa shape index (κ3) is 4.50. The normalized spacial score (nSPS) is 19.4. The molecule has 1 aromatic heterocycles. The zero-order chi connectivity index (χ0) is 21.3. The number of rotatable bonds is 5. The summed E-state index contributed by atoms with van der Waals surface area (Å²) in [6.45, 7) is 5.88. The van der Waals surface area contributed by atoms with Crippen LogP contribution in [0.1, 0.15) is 56.8 Å². The maximum absolute atomic E-state index is 13.7. The third-order valence-corrected chi connectivity index (χ3v) is 6.67. The lowest BCUT2D eigenvalue weighted by Gasteiger charge is -2.33. The summed E-state index contributed by atoms with van der Waals surface area (Å²) in [6, 6.07) is 4.67. The van der Waals surface area contributed by atoms with Gasteiger partial charge in [0.2, 0.25) is 5.91 Å². The number of amides is 1. The summed E-state index contributed by atoms with van der Waals surface area (Å²) >= 11 is 1.12. The van der Waals surface area contributed by atoms with Crippen LogP contribution in [0.4, 0.5) is 13.8 Å². The molecule has 7 heteroatoms. The Bertz CT molecular complexity index is 917. The van der Waals surface area contributed by atoms with Crippen molar-refractivity contribution >= 4 is 28.2 Å². The first-order valence-electron chi connectivity index (χ1n) is 9.84. The van der Waals surface area contributed by atoms with Crippen molar-refractivity contribution in [3.8, 4) is 10.4 Å². The van der Waals surface area contributed by atoms with Crippen LogP contribution in [0.5, 0.6) is 0 Å². The fourth-order valence-electron chi connectivity index (χ4n) is 3.80. The van der Waals surface area contributed by atoms with Crippen LogP contribution in [0, 0.1) is 23.5 Å². The molecule has 1 aliphatic rings. The molecule has 1 aromatic carbocycles. The summed E-state index contributed by atoms with van der Waals surface area (Å²) in [5, 5.41) is 10.1. The summed E-state index contributed by atoms with van der Waals surface area (Å²) in [5.74, 6) is -2.70. The molecule has 0 unspecified atom stereocenters. The Kier molecular flexibility index (Phi) is 6.36. The standard InChI is InChI=1S/C22H25F2NO3S/c1-12(2)25(20(26)14-6-4-13(3)5-7-14)21-16(22(27)28)11-19(29-21)15-8-9-17(23)18(24)10-15/h8-14H,4-7H2,1-3H3,(H,27,28). The number of anilines is 1. The maximum Gasteiger partial charge on any atom is 0.338 e. The molecule has 1 heterocycles. The van der Waals surface area contributed by atoms with Gasteiger partial charge in [0, 0.05) is 16.8 Å². The lowest BCUT2D eigenvalue weighted by Crippen LogP contribution is -2.42. The van der Waals surface area contributed by atoms with E-state index in [1.807, 2.05) is 13.8 Å². The highest BCUT2D eigenvalue weighted by atomic mass is 32.1. The molecular formula is C22H25F2NO3S. The van der Waals surface area contributed by atoms with E-state index in [1.54, 1.807) is 4.90 Å². The Labute approximate surface area is 173 Å². The maximum atomic E-state index is 13.7. The number of carbonyl (C=O) groups excluding carboxylic acids is 1. The molecule has 0 bridgehead atoms. The van der Waals surface area contributed by atoms with Crippen molar-refractivity contribution in [1.82, 2.24) is 0 Å². The highest BCUT2D eigenvalue weighted by Crippen LogP contribution is 2.41. The highest BCUT2D eigenvalue weighted by molar-refractivity contribution is 7.20. The Morgan fingerprint density at radius 3 is 2.31 bits per heavy atom. The number of nitrogens with zero attached hydrogens (tertiary/aromatic N) is 1. The summed E-state index contributed by atoms with van der Waals surface area (Å²) in [7, 11) is 0. The zero-order valence-corrected chi connectivity index (χ0v) is 17.6. The van der Waals surface area contributed by atoms with Crippen LogP contribution >= 0.6 is 11.3 Å². The molecule has 29 heavy (non-hydrogen) atoms. The Balaban J connectivity index is 2.01. The molecule has 1 fully saturated rings. The van der Waals surface area contributed by atoms with Gasteiger partial charge in [0.15, 0.2) is 11.6 Å². The Hall–Kier alpha value is -2.28. The molecule has 0 saturated heterocycles. The van der Waals surface area contributed by atoms with Crippen molar-refractivity contribution in [2.24, 2.45) is 11.8 Å². The Morgan fingerprint density at radius 1 is 1.10 bits per heavy atom. The molecule has 1 aliphatic carbocycles. The minimum absolute atomic E-state index is 0.000889. The highest BCUT2D eigenvalue weighted by Gasteiger charge is 2.33. The second kappa shape index (κ2) is 8.61. The summed E-state index contributed by atoms with van der Waals surface area (Å²) in [6.07, 6.45) is 3.57. The van der Waals surface area contributed by atoms with Gasteiger partial charge in [-0.3, -0.25) is 4.79 Å². The molecule has 2 aromatic rings. The van der Waals surface area contributed by atoms with E-state index in [4.69, 9.17) is 0 Å². The van der Waals surface area contributed by atoms with Gasteiger partial charge in [-0.1, -0.05) is 13.0 Å². The summed E-state index contributed by atoms with van der Waals surface area (Å²) < 4.78 is 27.0. The van der Waals surface area contributed by atoms with Gasteiger partial charge in [-0.25, -0.2) is 13.6 Å². The van der Waals surface area contributed by atoms with E-state index in [0.717, 1.165) is 49.2 Å². The van der Waals surface area contributed by atoms with Crippen LogP contribution < -0.4 is 4.90 Å². The molecule has 4 nitrogen and oxygen atoms in total. The van der Waals surface area contributed by atoms with Gasteiger partial charge in [0.25, 0.3) is 0 Å². The van der Waals surface area contributed by atoms with Crippen LogP contribution in [0.15, 0.2) is 24.3 Å². The van der Waals surface area contributed by atoms with Crippen LogP contribution in [0.3, 0.4) is 0 Å². The number of halogens is 2. The predicted molar refractivity (Wildman–Crippen MR) is 110 cm³/mol. The molecule has 0 spiro atoms. The van der Waals surface area contributed by atoms with Crippen LogP contribution in [0.25, 0.3) is 10.4 Å². The minimum atomic E-state index is -1.15. The second-order valence-corrected chi connectivity index (χ2v) is 9.05. The van der Waals surface area contributed by atoms with Gasteiger partial charge in [-0.2, -0.15) is 0 Å². The lowest BCUT2D eigenvalue weighted by atomic mass is 9.82. The van der Waals surface area contributed by atoms with Crippen molar-refractivity contribution in [2.45, 2.75) is 52.5 Å². The van der Waals surface area contributed by atoms with Crippen LogP contribution in [-0.2, 0) is 4.79 Å². The molecule has 0 atom stereocenters. The SMILES string of the molecule is CC1CCC(C(=O)N(c2sc(-c3ccc(F)c(F)c3)cc2C(=O)O)C(C)C)CC1. The van der Waals surface area contributed by atoms with Crippen molar-refractivity contribution in [3.63, 3.8) is 0 Å². The minimum Gasteiger partial charge on any atom is -0.478 e. The van der Waals surface area contributed by atoms with E-state index in [2.05, 4.69) is 6.92 Å². The van der Waals surface area contributed by atoms with E-state index in [9.17, 15) is 23.5 Å². The quantitative estimate of drug-likeness (QED) is 0.648. The molecule has 1 N–H and O–H groups in total. The van der Waals surface area contributed by atoms with Crippen molar-refractivity contribution < 1.29 is 23.5 Å². The smallest absolute Gasteiger partial charge is 0.338 e. The fraction of sp³-hybridized carbons (Fsp3) is 0.455. The largest absolute Gasteiger partial charge is 0.478 e. The lowest BCUT2D eigenvalue weighted by molar-refractivity contribution is -0.123. The number of carboxylic acid groups (broad SMARTS) is 1. The van der Waals surface area contributed by atoms with Gasteiger partial charge in [-0.15, -0.1) is 11.3 Å². The average Bonchev–Trinajstić information content (AvgIpc) is 3.09. The van der Waals surface area contributed by atoms with Gasteiger partial charge >= 0.3 is 5.97 Å². The number of benzene rings is 1. The number of hydrogen-bond donors (Lipinski definition) is 1. The second-order valence-electron chi connectivity index (χ2n) is 8.02. The van der Waals surface area contributed by atoms with Crippen molar-refractivity contribution in [1.29, 1.82) is 0 Å². The fourth-order valence-corrected chi connectivity index (χ4v) is 5.08. The molecule has 1 saturated carbocycles. The number of carboxylic acids is 1. The number of hydrogen-bond acceptors (Lipinski definition) is 3. The van der Waals surface area contributed by atoms with Gasteiger partial charge in [0.05, 0.1) is 5.56 Å². The summed E-state index contributed by atoms with van der Waals surface area (Å²) in [4.78, 5) is 27.2. The van der Waals surface area contributed by atoms with Gasteiger partial charge in [0.1, 0.15) is 5.00 Å². The molecule has 1 amide bonds. The molecular weight excluding hydrogens is 396 g/mol. The van der Waals surface area contributed by atoms with E-state index in [0.29, 0.717) is 21.4 Å².